The molecule has 0 aliphatic rings. The first kappa shape index (κ1) is 12.0. The monoisotopic (exact) mass is 210 g/mol. The highest BCUT2D eigenvalue weighted by Crippen LogP contribution is 2.19. The molecule has 1 atom stereocenters. The van der Waals surface area contributed by atoms with Crippen molar-refractivity contribution in [3.63, 3.8) is 0 Å². The van der Waals surface area contributed by atoms with Crippen molar-refractivity contribution in [1.29, 1.82) is 0 Å². The largest absolute Gasteiger partial charge is 0.468 e. The lowest BCUT2D eigenvalue weighted by Crippen LogP contribution is -2.02. The van der Waals surface area contributed by atoms with Crippen molar-refractivity contribution in [1.82, 2.24) is 0 Å². The molecule has 0 amide bonds. The second-order valence-corrected chi connectivity index (χ2v) is 3.25. The third-order valence-corrected chi connectivity index (χ3v) is 2.16. The van der Waals surface area contributed by atoms with Crippen LogP contribution in [0.4, 0.5) is 0 Å². The molecule has 0 aliphatic carbocycles. The van der Waals surface area contributed by atoms with Crippen LogP contribution in [0, 0.1) is 0 Å². The van der Waals surface area contributed by atoms with Gasteiger partial charge in [-0.05, 0) is 31.0 Å². The normalized spacial score (nSPS) is 12.5. The van der Waals surface area contributed by atoms with Crippen molar-refractivity contribution in [2.24, 2.45) is 0 Å². The summed E-state index contributed by atoms with van der Waals surface area (Å²) >= 11 is 0. The molecule has 1 rings (SSSR count). The number of aliphatic hydroxyl groups is 1. The molecular weight excluding hydrogens is 192 g/mol. The molecule has 0 aliphatic heterocycles. The number of aliphatic hydroxyl groups excluding tert-OH is 1. The number of ether oxygens (including phenoxy) is 2. The zero-order chi connectivity index (χ0) is 11.1. The molecule has 0 spiro atoms. The molecule has 0 radical (unpaired) electrons. The third-order valence-electron chi connectivity index (χ3n) is 2.16. The van der Waals surface area contributed by atoms with E-state index < -0.39 is 0 Å². The molecule has 3 heteroatoms. The van der Waals surface area contributed by atoms with E-state index in [1.807, 2.05) is 38.1 Å². The highest BCUT2D eigenvalue weighted by atomic mass is 16.7. The summed E-state index contributed by atoms with van der Waals surface area (Å²) in [7, 11) is 0. The summed E-state index contributed by atoms with van der Waals surface area (Å²) in [6.45, 7) is 4.78. The predicted molar refractivity (Wildman–Crippen MR) is 58.8 cm³/mol. The van der Waals surface area contributed by atoms with Gasteiger partial charge in [-0.1, -0.05) is 19.1 Å². The molecule has 0 bridgehead atoms. The maximum absolute atomic E-state index is 9.57. The van der Waals surface area contributed by atoms with E-state index in [0.29, 0.717) is 6.61 Å². The van der Waals surface area contributed by atoms with Gasteiger partial charge in [-0.25, -0.2) is 0 Å². The Hall–Kier alpha value is -1.06. The van der Waals surface area contributed by atoms with E-state index >= 15 is 0 Å². The van der Waals surface area contributed by atoms with Gasteiger partial charge in [0.1, 0.15) is 5.75 Å². The summed E-state index contributed by atoms with van der Waals surface area (Å²) in [6, 6.07) is 7.42. The van der Waals surface area contributed by atoms with Crippen molar-refractivity contribution in [2.75, 3.05) is 13.4 Å². The third kappa shape index (κ3) is 3.90. The van der Waals surface area contributed by atoms with Gasteiger partial charge in [-0.15, -0.1) is 0 Å². The first-order valence-corrected chi connectivity index (χ1v) is 5.26. The summed E-state index contributed by atoms with van der Waals surface area (Å²) in [5, 5.41) is 9.57. The minimum atomic E-state index is -0.383. The Bertz CT molecular complexity index is 269. The first-order chi connectivity index (χ1) is 7.27. The maximum Gasteiger partial charge on any atom is 0.189 e. The second-order valence-electron chi connectivity index (χ2n) is 3.25. The van der Waals surface area contributed by atoms with Crippen LogP contribution in [0.3, 0.4) is 0 Å². The fourth-order valence-corrected chi connectivity index (χ4v) is 1.21. The summed E-state index contributed by atoms with van der Waals surface area (Å²) in [4.78, 5) is 0. The first-order valence-electron chi connectivity index (χ1n) is 5.26. The van der Waals surface area contributed by atoms with E-state index in [-0.39, 0.29) is 12.9 Å². The number of hydrogen-bond donors (Lipinski definition) is 1. The van der Waals surface area contributed by atoms with Crippen LogP contribution in [-0.4, -0.2) is 18.5 Å². The lowest BCUT2D eigenvalue weighted by molar-refractivity contribution is 0.0224. The van der Waals surface area contributed by atoms with Crippen LogP contribution in [0.1, 0.15) is 31.9 Å². The molecule has 0 saturated carbocycles. The van der Waals surface area contributed by atoms with Crippen LogP contribution in [0.5, 0.6) is 5.75 Å². The number of benzene rings is 1. The van der Waals surface area contributed by atoms with Crippen molar-refractivity contribution in [3.05, 3.63) is 29.8 Å². The van der Waals surface area contributed by atoms with Gasteiger partial charge in [-0.2, -0.15) is 0 Å². The van der Waals surface area contributed by atoms with E-state index in [0.717, 1.165) is 17.7 Å². The Labute approximate surface area is 90.6 Å². The molecular formula is C12H18O3. The van der Waals surface area contributed by atoms with Crippen LogP contribution >= 0.6 is 0 Å². The minimum absolute atomic E-state index is 0.270. The van der Waals surface area contributed by atoms with Gasteiger partial charge in [0, 0.05) is 6.61 Å². The SMILES string of the molecule is CCOCOc1ccc([C@@H](O)CC)cc1. The van der Waals surface area contributed by atoms with Crippen LogP contribution in [0.15, 0.2) is 24.3 Å². The molecule has 1 aromatic carbocycles. The fourth-order valence-electron chi connectivity index (χ4n) is 1.21. The number of rotatable bonds is 6. The molecule has 0 unspecified atom stereocenters. The van der Waals surface area contributed by atoms with E-state index in [2.05, 4.69) is 0 Å². The van der Waals surface area contributed by atoms with Gasteiger partial charge in [-0.3, -0.25) is 0 Å². The summed E-state index contributed by atoms with van der Waals surface area (Å²) in [6.07, 6.45) is 0.338. The van der Waals surface area contributed by atoms with E-state index in [1.165, 1.54) is 0 Å². The van der Waals surface area contributed by atoms with Crippen molar-refractivity contribution in [2.45, 2.75) is 26.4 Å². The van der Waals surface area contributed by atoms with E-state index in [9.17, 15) is 5.11 Å². The average Bonchev–Trinajstić information content (AvgIpc) is 2.29. The zero-order valence-electron chi connectivity index (χ0n) is 9.27. The standard InChI is InChI=1S/C12H18O3/c1-3-12(13)10-5-7-11(8-6-10)15-9-14-4-2/h5-8,12-13H,3-4,9H2,1-2H3/t12-/m0/s1. The van der Waals surface area contributed by atoms with E-state index in [1.54, 1.807) is 0 Å². The van der Waals surface area contributed by atoms with Gasteiger partial charge in [0.2, 0.25) is 0 Å². The van der Waals surface area contributed by atoms with Gasteiger partial charge < -0.3 is 14.6 Å². The van der Waals surface area contributed by atoms with Gasteiger partial charge in [0.15, 0.2) is 6.79 Å². The van der Waals surface area contributed by atoms with Gasteiger partial charge >= 0.3 is 0 Å². The molecule has 1 N–H and O–H groups in total. The lowest BCUT2D eigenvalue weighted by atomic mass is 10.1. The molecule has 0 heterocycles. The summed E-state index contributed by atoms with van der Waals surface area (Å²) in [5.41, 5.74) is 0.918. The topological polar surface area (TPSA) is 38.7 Å². The molecule has 1 aromatic rings. The van der Waals surface area contributed by atoms with Crippen molar-refractivity contribution >= 4 is 0 Å². The Morgan fingerprint density at radius 3 is 2.40 bits per heavy atom. The molecule has 3 nitrogen and oxygen atoms in total. The molecule has 0 saturated heterocycles. The molecule has 0 fully saturated rings. The highest BCUT2D eigenvalue weighted by Gasteiger charge is 2.03. The Morgan fingerprint density at radius 2 is 1.87 bits per heavy atom. The molecule has 0 aromatic heterocycles. The summed E-state index contributed by atoms with van der Waals surface area (Å²) < 4.78 is 10.4. The van der Waals surface area contributed by atoms with Crippen LogP contribution in [0.25, 0.3) is 0 Å². The van der Waals surface area contributed by atoms with Crippen LogP contribution in [-0.2, 0) is 4.74 Å². The van der Waals surface area contributed by atoms with E-state index in [4.69, 9.17) is 9.47 Å². The average molecular weight is 210 g/mol. The second kappa shape index (κ2) is 6.43. The van der Waals surface area contributed by atoms with Gasteiger partial charge in [0.25, 0.3) is 0 Å². The summed E-state index contributed by atoms with van der Waals surface area (Å²) in [5.74, 6) is 0.760. The lowest BCUT2D eigenvalue weighted by Gasteiger charge is -2.09. The Balaban J connectivity index is 2.49. The minimum Gasteiger partial charge on any atom is -0.468 e. The van der Waals surface area contributed by atoms with Gasteiger partial charge in [0.05, 0.1) is 6.10 Å². The maximum atomic E-state index is 9.57. The quantitative estimate of drug-likeness (QED) is 0.579. The van der Waals surface area contributed by atoms with Crippen molar-refractivity contribution in [3.8, 4) is 5.75 Å². The Kier molecular flexibility index (Phi) is 5.15. The molecule has 15 heavy (non-hydrogen) atoms. The predicted octanol–water partition coefficient (Wildman–Crippen LogP) is 2.50. The highest BCUT2D eigenvalue weighted by molar-refractivity contribution is 5.28. The Morgan fingerprint density at radius 1 is 1.20 bits per heavy atom. The van der Waals surface area contributed by atoms with Crippen LogP contribution in [0.2, 0.25) is 0 Å². The fraction of sp³-hybridized carbons (Fsp3) is 0.500. The van der Waals surface area contributed by atoms with Crippen LogP contribution < -0.4 is 4.74 Å². The zero-order valence-corrected chi connectivity index (χ0v) is 9.27. The number of hydrogen-bond acceptors (Lipinski definition) is 3. The van der Waals surface area contributed by atoms with Crippen molar-refractivity contribution < 1.29 is 14.6 Å². The molecule has 84 valence electrons. The smallest absolute Gasteiger partial charge is 0.189 e.